The summed E-state index contributed by atoms with van der Waals surface area (Å²) in [5, 5.41) is 1.88. The van der Waals surface area contributed by atoms with Crippen LogP contribution in [0.25, 0.3) is 10.9 Å². The molecule has 0 fully saturated rings. The molecule has 4 heteroatoms. The SMILES string of the molecule is CCc1nc(Cl)c2cccc(Cl)c2n1. The maximum atomic E-state index is 6.01. The minimum atomic E-state index is 0.467. The Morgan fingerprint density at radius 2 is 2.00 bits per heavy atom. The van der Waals surface area contributed by atoms with Gasteiger partial charge in [-0.25, -0.2) is 9.97 Å². The van der Waals surface area contributed by atoms with Gasteiger partial charge in [-0.15, -0.1) is 0 Å². The fourth-order valence-electron chi connectivity index (χ4n) is 1.28. The largest absolute Gasteiger partial charge is 0.231 e. The number of para-hydroxylation sites is 1. The molecule has 0 unspecified atom stereocenters. The minimum Gasteiger partial charge on any atom is -0.231 e. The molecule has 0 spiro atoms. The van der Waals surface area contributed by atoms with Crippen LogP contribution in [0.15, 0.2) is 18.2 Å². The van der Waals surface area contributed by atoms with Gasteiger partial charge in [-0.2, -0.15) is 0 Å². The lowest BCUT2D eigenvalue weighted by atomic mass is 10.2. The maximum absolute atomic E-state index is 6.01. The van der Waals surface area contributed by atoms with Gasteiger partial charge < -0.3 is 0 Å². The van der Waals surface area contributed by atoms with Crippen molar-refractivity contribution < 1.29 is 0 Å². The Labute approximate surface area is 91.9 Å². The van der Waals surface area contributed by atoms with Gasteiger partial charge in [-0.05, 0) is 12.1 Å². The Hall–Kier alpha value is -0.860. The number of benzene rings is 1. The second-order valence-corrected chi connectivity index (χ2v) is 3.69. The van der Waals surface area contributed by atoms with Crippen LogP contribution in [-0.4, -0.2) is 9.97 Å². The van der Waals surface area contributed by atoms with E-state index in [4.69, 9.17) is 23.2 Å². The number of halogens is 2. The monoisotopic (exact) mass is 226 g/mol. The van der Waals surface area contributed by atoms with E-state index in [0.717, 1.165) is 23.1 Å². The Kier molecular flexibility index (Phi) is 2.57. The summed E-state index contributed by atoms with van der Waals surface area (Å²) in [5.41, 5.74) is 0.728. The summed E-state index contributed by atoms with van der Waals surface area (Å²) in [6.07, 6.45) is 0.751. The van der Waals surface area contributed by atoms with Crippen molar-refractivity contribution in [1.29, 1.82) is 0 Å². The molecule has 0 aliphatic rings. The quantitative estimate of drug-likeness (QED) is 0.696. The summed E-state index contributed by atoms with van der Waals surface area (Å²) in [7, 11) is 0. The van der Waals surface area contributed by atoms with Gasteiger partial charge in [0.2, 0.25) is 0 Å². The molecule has 0 saturated heterocycles. The molecule has 1 heterocycles. The molecule has 1 aromatic carbocycles. The van der Waals surface area contributed by atoms with Crippen LogP contribution in [0.2, 0.25) is 10.2 Å². The van der Waals surface area contributed by atoms with Gasteiger partial charge in [0.15, 0.2) is 0 Å². The molecular formula is C10H8Cl2N2. The molecular weight excluding hydrogens is 219 g/mol. The standard InChI is InChI=1S/C10H8Cl2N2/c1-2-8-13-9-6(10(12)14-8)4-3-5-7(9)11/h3-5H,2H2,1H3. The molecule has 2 aromatic rings. The van der Waals surface area contributed by atoms with Crippen LogP contribution in [0.5, 0.6) is 0 Å². The van der Waals surface area contributed by atoms with Crippen LogP contribution >= 0.6 is 23.2 Å². The lowest BCUT2D eigenvalue weighted by Crippen LogP contribution is -1.94. The number of rotatable bonds is 1. The molecule has 0 atom stereocenters. The smallest absolute Gasteiger partial charge is 0.140 e. The highest BCUT2D eigenvalue weighted by molar-refractivity contribution is 6.38. The molecule has 72 valence electrons. The minimum absolute atomic E-state index is 0.467. The second-order valence-electron chi connectivity index (χ2n) is 2.92. The number of aryl methyl sites for hydroxylation is 1. The van der Waals surface area contributed by atoms with Gasteiger partial charge in [-0.1, -0.05) is 36.2 Å². The van der Waals surface area contributed by atoms with Gasteiger partial charge in [0.1, 0.15) is 11.0 Å². The summed E-state index contributed by atoms with van der Waals surface area (Å²) in [5.74, 6) is 0.718. The molecule has 1 aromatic heterocycles. The Morgan fingerprint density at radius 1 is 1.21 bits per heavy atom. The maximum Gasteiger partial charge on any atom is 0.140 e. The zero-order valence-electron chi connectivity index (χ0n) is 7.59. The van der Waals surface area contributed by atoms with Crippen LogP contribution in [0.3, 0.4) is 0 Å². The highest BCUT2D eigenvalue weighted by Gasteiger charge is 2.06. The first-order chi connectivity index (χ1) is 6.72. The zero-order valence-corrected chi connectivity index (χ0v) is 9.10. The molecule has 14 heavy (non-hydrogen) atoms. The second kappa shape index (κ2) is 3.71. The molecule has 0 amide bonds. The first-order valence-corrected chi connectivity index (χ1v) is 5.08. The van der Waals surface area contributed by atoms with Gasteiger partial charge in [0.25, 0.3) is 0 Å². The van der Waals surface area contributed by atoms with Gasteiger partial charge in [0, 0.05) is 11.8 Å². The van der Waals surface area contributed by atoms with E-state index in [0.29, 0.717) is 10.2 Å². The van der Waals surface area contributed by atoms with E-state index in [1.54, 1.807) is 6.07 Å². The lowest BCUT2D eigenvalue weighted by Gasteiger charge is -2.03. The van der Waals surface area contributed by atoms with Gasteiger partial charge in [-0.3, -0.25) is 0 Å². The van der Waals surface area contributed by atoms with E-state index >= 15 is 0 Å². The van der Waals surface area contributed by atoms with Crippen molar-refractivity contribution in [3.8, 4) is 0 Å². The van der Waals surface area contributed by atoms with Crippen molar-refractivity contribution in [3.05, 3.63) is 34.2 Å². The Morgan fingerprint density at radius 3 is 2.71 bits per heavy atom. The van der Waals surface area contributed by atoms with Crippen LogP contribution in [0.4, 0.5) is 0 Å². The Bertz CT molecular complexity index is 483. The van der Waals surface area contributed by atoms with Crippen LogP contribution < -0.4 is 0 Å². The van der Waals surface area contributed by atoms with E-state index < -0.39 is 0 Å². The molecule has 0 bridgehead atoms. The highest BCUT2D eigenvalue weighted by Crippen LogP contribution is 2.26. The zero-order chi connectivity index (χ0) is 10.1. The van der Waals surface area contributed by atoms with Gasteiger partial charge >= 0.3 is 0 Å². The molecule has 0 saturated carbocycles. The topological polar surface area (TPSA) is 25.8 Å². The van der Waals surface area contributed by atoms with E-state index in [9.17, 15) is 0 Å². The molecule has 2 nitrogen and oxygen atoms in total. The van der Waals surface area contributed by atoms with E-state index in [-0.39, 0.29) is 0 Å². The summed E-state index contributed by atoms with van der Waals surface area (Å²) in [4.78, 5) is 8.48. The third-order valence-electron chi connectivity index (χ3n) is 1.99. The summed E-state index contributed by atoms with van der Waals surface area (Å²) in [6, 6.07) is 5.50. The van der Waals surface area contributed by atoms with E-state index in [2.05, 4.69) is 9.97 Å². The Balaban J connectivity index is 2.83. The number of nitrogens with zero attached hydrogens (tertiary/aromatic N) is 2. The first-order valence-electron chi connectivity index (χ1n) is 4.33. The third-order valence-corrected chi connectivity index (χ3v) is 2.59. The summed E-state index contributed by atoms with van der Waals surface area (Å²) < 4.78 is 0. The van der Waals surface area contributed by atoms with Crippen molar-refractivity contribution in [2.24, 2.45) is 0 Å². The normalized spacial score (nSPS) is 10.8. The van der Waals surface area contributed by atoms with E-state index in [1.165, 1.54) is 0 Å². The number of hydrogen-bond acceptors (Lipinski definition) is 2. The predicted molar refractivity (Wildman–Crippen MR) is 58.9 cm³/mol. The average Bonchev–Trinajstić information content (AvgIpc) is 2.19. The molecule has 2 rings (SSSR count). The van der Waals surface area contributed by atoms with Crippen molar-refractivity contribution in [1.82, 2.24) is 9.97 Å². The number of fused-ring (bicyclic) bond motifs is 1. The third kappa shape index (κ3) is 1.56. The fourth-order valence-corrected chi connectivity index (χ4v) is 1.75. The van der Waals surface area contributed by atoms with Crippen molar-refractivity contribution in [3.63, 3.8) is 0 Å². The molecule has 0 aliphatic carbocycles. The first kappa shape index (κ1) is 9.69. The number of aromatic nitrogens is 2. The van der Waals surface area contributed by atoms with Crippen LogP contribution in [0.1, 0.15) is 12.7 Å². The summed E-state index contributed by atoms with van der Waals surface area (Å²) in [6.45, 7) is 1.98. The molecule has 0 N–H and O–H groups in total. The molecule has 0 radical (unpaired) electrons. The van der Waals surface area contributed by atoms with Crippen molar-refractivity contribution in [2.45, 2.75) is 13.3 Å². The molecule has 0 aliphatic heterocycles. The summed E-state index contributed by atoms with van der Waals surface area (Å²) >= 11 is 12.0. The predicted octanol–water partition coefficient (Wildman–Crippen LogP) is 3.50. The van der Waals surface area contributed by atoms with Crippen molar-refractivity contribution >= 4 is 34.1 Å². The highest BCUT2D eigenvalue weighted by atomic mass is 35.5. The lowest BCUT2D eigenvalue weighted by molar-refractivity contribution is 0.961. The van der Waals surface area contributed by atoms with E-state index in [1.807, 2.05) is 19.1 Å². The van der Waals surface area contributed by atoms with Crippen molar-refractivity contribution in [2.75, 3.05) is 0 Å². The van der Waals surface area contributed by atoms with Crippen LogP contribution in [0, 0.1) is 0 Å². The average molecular weight is 227 g/mol. The van der Waals surface area contributed by atoms with Gasteiger partial charge in [0.05, 0.1) is 10.5 Å². The fraction of sp³-hybridized carbons (Fsp3) is 0.200. The van der Waals surface area contributed by atoms with Crippen LogP contribution in [-0.2, 0) is 6.42 Å². The number of hydrogen-bond donors (Lipinski definition) is 0.